The second-order valence-corrected chi connectivity index (χ2v) is 11.8. The molecule has 0 atom stereocenters. The Morgan fingerprint density at radius 2 is 1.54 bits per heavy atom. The summed E-state index contributed by atoms with van der Waals surface area (Å²) in [5.41, 5.74) is 4.66. The molecule has 3 N–H and O–H groups in total. The molecule has 1 aliphatic rings. The largest absolute Gasteiger partial charge is 0.491 e. The molecule has 1 aromatic heterocycles. The topological polar surface area (TPSA) is 116 Å². The van der Waals surface area contributed by atoms with Crippen LogP contribution in [0, 0.1) is 6.92 Å². The molecular weight excluding hydrogens is 582 g/mol. The smallest absolute Gasteiger partial charge is 0.255 e. The highest BCUT2D eigenvalue weighted by atomic mass is 16.5. The number of ether oxygens (including phenoxy) is 2. The van der Waals surface area contributed by atoms with Gasteiger partial charge in [0.1, 0.15) is 5.75 Å². The van der Waals surface area contributed by atoms with Crippen LogP contribution >= 0.6 is 0 Å². The lowest BCUT2D eigenvalue weighted by molar-refractivity contribution is -0.132. The summed E-state index contributed by atoms with van der Waals surface area (Å²) < 4.78 is 11.5. The molecule has 0 spiro atoms. The van der Waals surface area contributed by atoms with Crippen LogP contribution in [0.25, 0.3) is 10.9 Å². The van der Waals surface area contributed by atoms with Crippen molar-refractivity contribution in [3.8, 4) is 5.75 Å². The van der Waals surface area contributed by atoms with E-state index in [2.05, 4.69) is 27.6 Å². The van der Waals surface area contributed by atoms with E-state index in [4.69, 9.17) is 9.47 Å². The Morgan fingerprint density at radius 1 is 0.826 bits per heavy atom. The van der Waals surface area contributed by atoms with Gasteiger partial charge in [-0.1, -0.05) is 12.1 Å². The zero-order valence-corrected chi connectivity index (χ0v) is 26.9. The first kappa shape index (κ1) is 32.7. The minimum atomic E-state index is -0.302. The van der Waals surface area contributed by atoms with Crippen LogP contribution < -0.4 is 15.4 Å². The number of aromatic nitrogens is 1. The number of fused-ring (bicyclic) bond motifs is 1. The zero-order valence-electron chi connectivity index (χ0n) is 26.9. The quantitative estimate of drug-likeness (QED) is 0.161. The third kappa shape index (κ3) is 8.52. The van der Waals surface area contributed by atoms with E-state index in [0.717, 1.165) is 61.9 Å². The van der Waals surface area contributed by atoms with E-state index >= 15 is 0 Å². The first-order valence-corrected chi connectivity index (χ1v) is 15.8. The van der Waals surface area contributed by atoms with Gasteiger partial charge in [-0.3, -0.25) is 14.4 Å². The molecule has 10 heteroatoms. The SMILES string of the molecule is COCc1cc(C(=O)Nc2ccc(C)cc2OCCCCCC(=O)N2CCN(C)CC2)ccc1NC(=O)c1ccc2cc[nH]c2c1. The summed E-state index contributed by atoms with van der Waals surface area (Å²) in [6.45, 7) is 6.15. The van der Waals surface area contributed by atoms with Crippen LogP contribution in [0.2, 0.25) is 0 Å². The van der Waals surface area contributed by atoms with Gasteiger partial charge in [-0.25, -0.2) is 0 Å². The Kier molecular flexibility index (Phi) is 11.1. The maximum Gasteiger partial charge on any atom is 0.255 e. The van der Waals surface area contributed by atoms with E-state index in [0.29, 0.717) is 46.8 Å². The minimum absolute atomic E-state index is 0.215. The predicted molar refractivity (Wildman–Crippen MR) is 181 cm³/mol. The van der Waals surface area contributed by atoms with E-state index in [1.54, 1.807) is 37.4 Å². The van der Waals surface area contributed by atoms with Gasteiger partial charge in [0.05, 0.1) is 18.9 Å². The lowest BCUT2D eigenvalue weighted by Crippen LogP contribution is -2.47. The van der Waals surface area contributed by atoms with Crippen molar-refractivity contribution in [2.24, 2.45) is 0 Å². The molecule has 1 aliphatic heterocycles. The number of carbonyl (C=O) groups excluding carboxylic acids is 3. The highest BCUT2D eigenvalue weighted by Crippen LogP contribution is 2.28. The number of amides is 3. The summed E-state index contributed by atoms with van der Waals surface area (Å²) in [6.07, 6.45) is 4.92. The number of nitrogens with zero attached hydrogens (tertiary/aromatic N) is 2. The third-order valence-corrected chi connectivity index (χ3v) is 8.27. The number of H-pyrrole nitrogens is 1. The second-order valence-electron chi connectivity index (χ2n) is 11.8. The van der Waals surface area contributed by atoms with E-state index in [-0.39, 0.29) is 24.3 Å². The number of anilines is 2. The molecule has 10 nitrogen and oxygen atoms in total. The average molecular weight is 626 g/mol. The van der Waals surface area contributed by atoms with E-state index in [1.807, 2.05) is 48.4 Å². The number of unbranched alkanes of at least 4 members (excludes halogenated alkanes) is 2. The number of rotatable bonds is 13. The van der Waals surface area contributed by atoms with Gasteiger partial charge in [-0.15, -0.1) is 0 Å². The summed E-state index contributed by atoms with van der Waals surface area (Å²) in [6, 6.07) is 18.2. The maximum atomic E-state index is 13.4. The second kappa shape index (κ2) is 15.6. The van der Waals surface area contributed by atoms with Crippen molar-refractivity contribution in [1.29, 1.82) is 0 Å². The molecule has 242 valence electrons. The summed E-state index contributed by atoms with van der Waals surface area (Å²) in [5, 5.41) is 6.96. The lowest BCUT2D eigenvalue weighted by Gasteiger charge is -2.32. The molecule has 1 saturated heterocycles. The number of hydrogen-bond acceptors (Lipinski definition) is 6. The van der Waals surface area contributed by atoms with Crippen LogP contribution in [0.1, 0.15) is 57.5 Å². The molecule has 0 bridgehead atoms. The fourth-order valence-electron chi connectivity index (χ4n) is 5.51. The number of benzene rings is 3. The van der Waals surface area contributed by atoms with Crippen LogP contribution in [0.3, 0.4) is 0 Å². The molecule has 5 rings (SSSR count). The molecule has 0 saturated carbocycles. The fraction of sp³-hybridized carbons (Fsp3) is 0.361. The molecule has 0 aliphatic carbocycles. The van der Waals surface area contributed by atoms with Crippen LogP contribution in [0.5, 0.6) is 5.75 Å². The van der Waals surface area contributed by atoms with Gasteiger partial charge in [0, 0.05) is 73.8 Å². The molecule has 1 fully saturated rings. The molecule has 3 amide bonds. The molecule has 0 unspecified atom stereocenters. The first-order chi connectivity index (χ1) is 22.3. The summed E-state index contributed by atoms with van der Waals surface area (Å²) in [7, 11) is 3.65. The van der Waals surface area contributed by atoms with Crippen LogP contribution in [0.15, 0.2) is 66.9 Å². The lowest BCUT2D eigenvalue weighted by atomic mass is 10.1. The summed E-state index contributed by atoms with van der Waals surface area (Å²) in [5.74, 6) is 0.274. The Morgan fingerprint density at radius 3 is 2.33 bits per heavy atom. The van der Waals surface area contributed by atoms with Crippen LogP contribution in [0.4, 0.5) is 11.4 Å². The fourth-order valence-corrected chi connectivity index (χ4v) is 5.51. The van der Waals surface area contributed by atoms with Crippen molar-refractivity contribution in [2.75, 3.05) is 57.6 Å². The maximum absolute atomic E-state index is 13.4. The number of hydrogen-bond donors (Lipinski definition) is 3. The van der Waals surface area contributed by atoms with Crippen molar-refractivity contribution in [2.45, 2.75) is 39.2 Å². The van der Waals surface area contributed by atoms with Gasteiger partial charge in [-0.05, 0) is 92.7 Å². The molecule has 0 radical (unpaired) electrons. The number of aryl methyl sites for hydroxylation is 1. The molecule has 4 aromatic rings. The van der Waals surface area contributed by atoms with Gasteiger partial charge < -0.3 is 34.9 Å². The highest BCUT2D eigenvalue weighted by Gasteiger charge is 2.19. The summed E-state index contributed by atoms with van der Waals surface area (Å²) in [4.78, 5) is 46.2. The molecular formula is C36H43N5O5. The monoisotopic (exact) mass is 625 g/mol. The Labute approximate surface area is 270 Å². The van der Waals surface area contributed by atoms with E-state index in [9.17, 15) is 14.4 Å². The van der Waals surface area contributed by atoms with Gasteiger partial charge in [0.25, 0.3) is 11.8 Å². The minimum Gasteiger partial charge on any atom is -0.491 e. The number of carbonyl (C=O) groups is 3. The Bertz CT molecular complexity index is 1670. The number of likely N-dealkylation sites (N-methyl/N-ethyl adjacent to an activating group) is 1. The molecule has 46 heavy (non-hydrogen) atoms. The average Bonchev–Trinajstić information content (AvgIpc) is 3.53. The number of nitrogens with one attached hydrogen (secondary N) is 3. The third-order valence-electron chi connectivity index (χ3n) is 8.27. The van der Waals surface area contributed by atoms with Gasteiger partial charge in [0.15, 0.2) is 0 Å². The van der Waals surface area contributed by atoms with Crippen LogP contribution in [-0.4, -0.2) is 79.4 Å². The van der Waals surface area contributed by atoms with Crippen molar-refractivity contribution in [1.82, 2.24) is 14.8 Å². The van der Waals surface area contributed by atoms with Crippen molar-refractivity contribution in [3.63, 3.8) is 0 Å². The Balaban J connectivity index is 1.16. The van der Waals surface area contributed by atoms with Crippen molar-refractivity contribution >= 4 is 40.0 Å². The zero-order chi connectivity index (χ0) is 32.5. The van der Waals surface area contributed by atoms with E-state index in [1.165, 1.54) is 0 Å². The summed E-state index contributed by atoms with van der Waals surface area (Å²) >= 11 is 0. The predicted octanol–water partition coefficient (Wildman–Crippen LogP) is 5.84. The Hall–Kier alpha value is -4.67. The van der Waals surface area contributed by atoms with Crippen molar-refractivity contribution in [3.05, 3.63) is 89.1 Å². The number of methoxy groups -OCH3 is 1. The van der Waals surface area contributed by atoms with Crippen LogP contribution in [-0.2, 0) is 16.1 Å². The number of piperazine rings is 1. The molecule has 2 heterocycles. The van der Waals surface area contributed by atoms with E-state index < -0.39 is 0 Å². The first-order valence-electron chi connectivity index (χ1n) is 15.8. The number of aromatic amines is 1. The normalized spacial score (nSPS) is 13.5. The molecule has 3 aromatic carbocycles. The standard InChI is InChI=1S/C36H43N5O5/c1-25-8-12-31(33(21-25)46-20-6-4-5-7-34(42)41-18-16-40(2)17-19-41)39-35(43)27-11-13-30(29(22-27)24-45-3)38-36(44)28-10-9-26-14-15-37-32(26)23-28/h8-15,21-23,37H,4-7,16-20,24H2,1-3H3,(H,38,44)(H,39,43). The van der Waals surface area contributed by atoms with Gasteiger partial charge in [-0.2, -0.15) is 0 Å². The van der Waals surface area contributed by atoms with Crippen molar-refractivity contribution < 1.29 is 23.9 Å². The van der Waals surface area contributed by atoms with Gasteiger partial charge >= 0.3 is 0 Å². The van der Waals surface area contributed by atoms with Gasteiger partial charge in [0.2, 0.25) is 5.91 Å². The highest BCUT2D eigenvalue weighted by molar-refractivity contribution is 6.08.